The SMILES string of the molecule is O=C(CCC1CC[N-]CC1)c1ccc2c(c1)CCN(C(=O)c1ccccc1)CC2.[Ac]. The standard InChI is InChI=1S/C25H29N2O2.Ac/c28-24(9-6-19-10-14-26-15-11-19)23-8-7-20-12-16-27(17-13-22(20)18-23)25(29)21-4-2-1-3-5-21;/h1-5,7-8,18-19H,6,9-17H2;/q-1;. The van der Waals surface area contributed by atoms with Gasteiger partial charge in [0.1, 0.15) is 0 Å². The first-order valence-corrected chi connectivity index (χ1v) is 10.8. The van der Waals surface area contributed by atoms with E-state index in [0.717, 1.165) is 62.9 Å². The van der Waals surface area contributed by atoms with Crippen molar-refractivity contribution in [2.45, 2.75) is 38.5 Å². The van der Waals surface area contributed by atoms with Gasteiger partial charge in [-0.25, -0.2) is 0 Å². The molecule has 0 unspecified atom stereocenters. The van der Waals surface area contributed by atoms with Crippen LogP contribution in [0.2, 0.25) is 0 Å². The van der Waals surface area contributed by atoms with E-state index in [9.17, 15) is 9.59 Å². The Morgan fingerprint density at radius 2 is 1.60 bits per heavy atom. The second-order valence-corrected chi connectivity index (χ2v) is 8.22. The first kappa shape index (κ1) is 23.6. The van der Waals surface area contributed by atoms with Crippen LogP contribution in [-0.4, -0.2) is 42.8 Å². The fourth-order valence-corrected chi connectivity index (χ4v) is 4.44. The van der Waals surface area contributed by atoms with Crippen LogP contribution in [0.15, 0.2) is 48.5 Å². The second kappa shape index (κ2) is 11.6. The summed E-state index contributed by atoms with van der Waals surface area (Å²) < 4.78 is 0. The largest absolute Gasteiger partial charge is 0.662 e. The zero-order valence-electron chi connectivity index (χ0n) is 17.6. The number of piperidine rings is 1. The van der Waals surface area contributed by atoms with Gasteiger partial charge in [-0.3, -0.25) is 9.59 Å². The Kier molecular flexibility index (Phi) is 9.11. The smallest absolute Gasteiger partial charge is 0.253 e. The molecule has 2 aliphatic rings. The van der Waals surface area contributed by atoms with Gasteiger partial charge in [0.2, 0.25) is 0 Å². The summed E-state index contributed by atoms with van der Waals surface area (Å²) in [5.41, 5.74) is 4.05. The van der Waals surface area contributed by atoms with E-state index in [4.69, 9.17) is 0 Å². The van der Waals surface area contributed by atoms with Crippen LogP contribution in [0.1, 0.15) is 57.5 Å². The number of rotatable bonds is 5. The van der Waals surface area contributed by atoms with Gasteiger partial charge < -0.3 is 10.2 Å². The Balaban J connectivity index is 0.00000256. The molecule has 30 heavy (non-hydrogen) atoms. The predicted molar refractivity (Wildman–Crippen MR) is 116 cm³/mol. The fraction of sp³-hybridized carbons (Fsp3) is 0.440. The number of hydrogen-bond donors (Lipinski definition) is 0. The molecular weight excluding hydrogens is 587 g/mol. The zero-order valence-corrected chi connectivity index (χ0v) is 22.3. The maximum atomic E-state index is 12.8. The summed E-state index contributed by atoms with van der Waals surface area (Å²) in [6.07, 6.45) is 5.51. The van der Waals surface area contributed by atoms with E-state index in [1.165, 1.54) is 11.1 Å². The van der Waals surface area contributed by atoms with Crippen molar-refractivity contribution in [1.82, 2.24) is 4.90 Å². The Hall–Kier alpha value is -1.02. The van der Waals surface area contributed by atoms with Crippen molar-refractivity contribution in [3.63, 3.8) is 0 Å². The molecule has 5 heteroatoms. The van der Waals surface area contributed by atoms with Crippen LogP contribution in [0.5, 0.6) is 0 Å². The molecule has 4 nitrogen and oxygen atoms in total. The average Bonchev–Trinajstić information content (AvgIpc) is 3.00. The number of hydrogen-bond acceptors (Lipinski definition) is 2. The van der Waals surface area contributed by atoms with Crippen molar-refractivity contribution in [3.8, 4) is 0 Å². The quantitative estimate of drug-likeness (QED) is 0.459. The maximum Gasteiger partial charge on any atom is 0.253 e. The van der Waals surface area contributed by atoms with Crippen LogP contribution in [-0.2, 0) is 12.8 Å². The molecule has 155 valence electrons. The van der Waals surface area contributed by atoms with Gasteiger partial charge in [0.05, 0.1) is 0 Å². The molecule has 2 heterocycles. The molecule has 1 amide bonds. The number of carbonyl (C=O) groups is 2. The van der Waals surface area contributed by atoms with Crippen molar-refractivity contribution in [2.75, 3.05) is 26.2 Å². The molecule has 0 N–H and O–H groups in total. The number of ketones is 1. The Bertz CT molecular complexity index is 863. The van der Waals surface area contributed by atoms with Gasteiger partial charge in [0, 0.05) is 74.7 Å². The van der Waals surface area contributed by atoms with Crippen LogP contribution in [0.25, 0.3) is 5.32 Å². The monoisotopic (exact) mass is 616 g/mol. The molecule has 0 bridgehead atoms. The minimum absolute atomic E-state index is 0. The van der Waals surface area contributed by atoms with Crippen molar-refractivity contribution in [3.05, 3.63) is 76.1 Å². The molecule has 0 aromatic heterocycles. The summed E-state index contributed by atoms with van der Waals surface area (Å²) in [7, 11) is 0. The molecule has 4 rings (SSSR count). The van der Waals surface area contributed by atoms with Gasteiger partial charge in [-0.2, -0.15) is 0 Å². The summed E-state index contributed by atoms with van der Waals surface area (Å²) in [6, 6.07) is 15.6. The minimum Gasteiger partial charge on any atom is -0.662 e. The third-order valence-corrected chi connectivity index (χ3v) is 6.31. The maximum absolute atomic E-state index is 12.8. The van der Waals surface area contributed by atoms with Crippen LogP contribution in [0.4, 0.5) is 0 Å². The minimum atomic E-state index is 0. The summed E-state index contributed by atoms with van der Waals surface area (Å²) in [6.45, 7) is 3.33. The molecule has 2 aromatic rings. The fourth-order valence-electron chi connectivity index (χ4n) is 4.44. The predicted octanol–water partition coefficient (Wildman–Crippen LogP) is 4.67. The topological polar surface area (TPSA) is 51.5 Å². The number of Topliss-reactive ketones (excluding diaryl/α,β-unsaturated/α-hetero) is 1. The van der Waals surface area contributed by atoms with Gasteiger partial charge in [0.25, 0.3) is 5.91 Å². The number of benzene rings is 2. The van der Waals surface area contributed by atoms with E-state index in [1.807, 2.05) is 41.3 Å². The number of nitrogens with zero attached hydrogens (tertiary/aromatic N) is 2. The third-order valence-electron chi connectivity index (χ3n) is 6.31. The summed E-state index contributed by atoms with van der Waals surface area (Å²) >= 11 is 0. The van der Waals surface area contributed by atoms with Gasteiger partial charge in [0.15, 0.2) is 5.78 Å². The molecule has 0 aliphatic carbocycles. The van der Waals surface area contributed by atoms with E-state index in [2.05, 4.69) is 17.4 Å². The molecule has 2 aliphatic heterocycles. The third kappa shape index (κ3) is 6.03. The molecule has 0 spiro atoms. The van der Waals surface area contributed by atoms with E-state index in [-0.39, 0.29) is 55.8 Å². The Labute approximate surface area is 215 Å². The first-order valence-electron chi connectivity index (χ1n) is 10.8. The molecule has 1 saturated heterocycles. The molecule has 0 atom stereocenters. The number of fused-ring (bicyclic) bond motifs is 1. The van der Waals surface area contributed by atoms with Crippen molar-refractivity contribution in [2.24, 2.45) is 5.92 Å². The first-order chi connectivity index (χ1) is 14.2. The van der Waals surface area contributed by atoms with E-state index in [0.29, 0.717) is 18.9 Å². The van der Waals surface area contributed by atoms with Gasteiger partial charge in [-0.05, 0) is 54.5 Å². The van der Waals surface area contributed by atoms with Crippen molar-refractivity contribution >= 4 is 11.7 Å². The summed E-state index contributed by atoms with van der Waals surface area (Å²) in [5, 5.41) is 4.39. The Morgan fingerprint density at radius 1 is 0.900 bits per heavy atom. The van der Waals surface area contributed by atoms with Crippen molar-refractivity contribution < 1.29 is 53.7 Å². The van der Waals surface area contributed by atoms with Crippen LogP contribution in [0, 0.1) is 50.0 Å². The van der Waals surface area contributed by atoms with Gasteiger partial charge in [-0.15, -0.1) is 13.1 Å². The average molecular weight is 617 g/mol. The summed E-state index contributed by atoms with van der Waals surface area (Å²) in [5.74, 6) is 0.987. The molecule has 0 saturated carbocycles. The zero-order chi connectivity index (χ0) is 20.1. The second-order valence-electron chi connectivity index (χ2n) is 8.22. The molecular formula is C25H29AcN2O2-. The van der Waals surface area contributed by atoms with Crippen LogP contribution >= 0.6 is 0 Å². The van der Waals surface area contributed by atoms with Gasteiger partial charge >= 0.3 is 0 Å². The summed E-state index contributed by atoms with van der Waals surface area (Å²) in [4.78, 5) is 27.4. The van der Waals surface area contributed by atoms with E-state index >= 15 is 0 Å². The van der Waals surface area contributed by atoms with E-state index in [1.54, 1.807) is 0 Å². The van der Waals surface area contributed by atoms with Crippen molar-refractivity contribution in [1.29, 1.82) is 0 Å². The normalized spacial score (nSPS) is 16.9. The van der Waals surface area contributed by atoms with E-state index < -0.39 is 0 Å². The molecule has 1 radical (unpaired) electrons. The Morgan fingerprint density at radius 3 is 2.33 bits per heavy atom. The van der Waals surface area contributed by atoms with Gasteiger partial charge in [-0.1, -0.05) is 43.2 Å². The molecule has 1 fully saturated rings. The molecule has 2 aromatic carbocycles. The van der Waals surface area contributed by atoms with Crippen LogP contribution in [0.3, 0.4) is 0 Å². The number of amides is 1. The van der Waals surface area contributed by atoms with Crippen LogP contribution < -0.4 is 0 Å². The number of carbonyl (C=O) groups excluding carboxylic acids is 2.